The largest absolute Gasteiger partial charge is 0.423 e. The van der Waals surface area contributed by atoms with Gasteiger partial charge in [0.2, 0.25) is 0 Å². The topological polar surface area (TPSA) is 26.3 Å². The number of hydrogen-bond acceptors (Lipinski definition) is 2. The second-order valence-corrected chi connectivity index (χ2v) is 6.83. The van der Waals surface area contributed by atoms with Crippen LogP contribution in [0.4, 0.5) is 0 Å². The number of rotatable bonds is 14. The summed E-state index contributed by atoms with van der Waals surface area (Å²) in [6.07, 6.45) is 21.2. The Kier molecular flexibility index (Phi) is 12.4. The summed E-state index contributed by atoms with van der Waals surface area (Å²) in [6, 6.07) is 7.80. The number of aryl methyl sites for hydroxylation is 1. The number of hydrogen-bond donors (Lipinski definition) is 0. The number of allylic oxidation sites excluding steroid dienone is 5. The van der Waals surface area contributed by atoms with Crippen LogP contribution in [0.1, 0.15) is 63.9 Å². The number of esters is 1. The van der Waals surface area contributed by atoms with Crippen molar-refractivity contribution >= 4 is 5.97 Å². The minimum absolute atomic E-state index is 0.367. The second kappa shape index (κ2) is 14.8. The molecule has 0 saturated heterocycles. The number of ether oxygens (including phenoxy) is 1. The molecule has 2 heteroatoms. The molecule has 0 saturated carbocycles. The van der Waals surface area contributed by atoms with E-state index in [0.717, 1.165) is 19.3 Å². The van der Waals surface area contributed by atoms with Gasteiger partial charge in [-0.3, -0.25) is 0 Å². The van der Waals surface area contributed by atoms with Crippen molar-refractivity contribution in [3.8, 4) is 5.75 Å². The summed E-state index contributed by atoms with van der Waals surface area (Å²) in [4.78, 5) is 11.6. The average molecular weight is 367 g/mol. The highest BCUT2D eigenvalue weighted by molar-refractivity contribution is 5.88. The predicted molar refractivity (Wildman–Crippen MR) is 116 cm³/mol. The van der Waals surface area contributed by atoms with Crippen molar-refractivity contribution in [1.29, 1.82) is 0 Å². The summed E-state index contributed by atoms with van der Waals surface area (Å²) >= 11 is 0. The number of benzene rings is 1. The van der Waals surface area contributed by atoms with Crippen LogP contribution in [0.2, 0.25) is 0 Å². The highest BCUT2D eigenvalue weighted by Crippen LogP contribution is 2.17. The maximum Gasteiger partial charge on any atom is 0.338 e. The average Bonchev–Trinajstić information content (AvgIpc) is 2.65. The van der Waals surface area contributed by atoms with Crippen LogP contribution >= 0.6 is 0 Å². The molecular formula is C25H34O2. The fourth-order valence-corrected chi connectivity index (χ4v) is 2.66. The summed E-state index contributed by atoms with van der Waals surface area (Å²) < 4.78 is 5.28. The molecule has 0 radical (unpaired) electrons. The van der Waals surface area contributed by atoms with Crippen LogP contribution in [0.3, 0.4) is 0 Å². The van der Waals surface area contributed by atoms with E-state index in [1.54, 1.807) is 6.92 Å². The molecule has 0 bridgehead atoms. The molecule has 0 aromatic heterocycles. The lowest BCUT2D eigenvalue weighted by molar-refractivity contribution is -0.130. The van der Waals surface area contributed by atoms with Crippen LogP contribution in [-0.4, -0.2) is 5.97 Å². The summed E-state index contributed by atoms with van der Waals surface area (Å²) in [6.45, 7) is 8.96. The quantitative estimate of drug-likeness (QED) is 0.115. The van der Waals surface area contributed by atoms with Crippen LogP contribution in [0.5, 0.6) is 5.75 Å². The Labute approximate surface area is 165 Å². The highest BCUT2D eigenvalue weighted by Gasteiger charge is 2.05. The third-order valence-electron chi connectivity index (χ3n) is 4.20. The summed E-state index contributed by atoms with van der Waals surface area (Å²) in [5.74, 6) is 0.237. The molecule has 0 atom stereocenters. The summed E-state index contributed by atoms with van der Waals surface area (Å²) in [5.41, 5.74) is 1.63. The molecule has 0 aliphatic rings. The molecule has 0 fully saturated rings. The van der Waals surface area contributed by atoms with Crippen LogP contribution in [-0.2, 0) is 11.2 Å². The Morgan fingerprint density at radius 2 is 1.70 bits per heavy atom. The van der Waals surface area contributed by atoms with Crippen molar-refractivity contribution in [2.75, 3.05) is 0 Å². The van der Waals surface area contributed by atoms with E-state index < -0.39 is 0 Å². The summed E-state index contributed by atoms with van der Waals surface area (Å²) in [7, 11) is 0. The Morgan fingerprint density at radius 3 is 2.48 bits per heavy atom. The van der Waals surface area contributed by atoms with E-state index in [1.807, 2.05) is 24.3 Å². The maximum absolute atomic E-state index is 11.6. The highest BCUT2D eigenvalue weighted by atomic mass is 16.5. The van der Waals surface area contributed by atoms with Gasteiger partial charge >= 0.3 is 5.97 Å². The Hall–Kier alpha value is -2.35. The van der Waals surface area contributed by atoms with Crippen molar-refractivity contribution in [2.24, 2.45) is 0 Å². The zero-order chi connectivity index (χ0) is 19.7. The molecule has 0 aliphatic heterocycles. The Morgan fingerprint density at radius 1 is 1.00 bits per heavy atom. The lowest BCUT2D eigenvalue weighted by Gasteiger charge is -2.06. The van der Waals surface area contributed by atoms with Crippen molar-refractivity contribution in [3.63, 3.8) is 0 Å². The first kappa shape index (κ1) is 22.7. The van der Waals surface area contributed by atoms with Crippen molar-refractivity contribution < 1.29 is 9.53 Å². The van der Waals surface area contributed by atoms with E-state index >= 15 is 0 Å². The Balaban J connectivity index is 2.10. The smallest absolute Gasteiger partial charge is 0.338 e. The van der Waals surface area contributed by atoms with Crippen LogP contribution in [0.25, 0.3) is 0 Å². The van der Waals surface area contributed by atoms with Gasteiger partial charge in [-0.1, -0.05) is 68.4 Å². The lowest BCUT2D eigenvalue weighted by atomic mass is 10.0. The van der Waals surface area contributed by atoms with Gasteiger partial charge < -0.3 is 4.74 Å². The van der Waals surface area contributed by atoms with E-state index in [2.05, 4.69) is 43.5 Å². The van der Waals surface area contributed by atoms with Gasteiger partial charge in [0.15, 0.2) is 0 Å². The number of carbonyl (C=O) groups excluding carboxylic acids is 1. The SMILES string of the molecule is C=CC/C=C\C/C=C\CCCCCCCc1cccc(OC(=O)C(=C)C)c1. The molecule has 1 rings (SSSR count). The van der Waals surface area contributed by atoms with E-state index in [4.69, 9.17) is 4.74 Å². The first-order chi connectivity index (χ1) is 13.1. The first-order valence-electron chi connectivity index (χ1n) is 10.0. The van der Waals surface area contributed by atoms with Gasteiger partial charge in [0.1, 0.15) is 5.75 Å². The van der Waals surface area contributed by atoms with Gasteiger partial charge in [-0.15, -0.1) is 6.58 Å². The van der Waals surface area contributed by atoms with E-state index in [-0.39, 0.29) is 5.97 Å². The normalized spacial score (nSPS) is 11.1. The van der Waals surface area contributed by atoms with E-state index in [9.17, 15) is 4.79 Å². The van der Waals surface area contributed by atoms with Crippen molar-refractivity contribution in [1.82, 2.24) is 0 Å². The predicted octanol–water partition coefficient (Wildman–Crippen LogP) is 7.13. The van der Waals surface area contributed by atoms with Gasteiger partial charge in [-0.05, 0) is 63.1 Å². The molecule has 0 aliphatic carbocycles. The first-order valence-corrected chi connectivity index (χ1v) is 10.0. The van der Waals surface area contributed by atoms with Gasteiger partial charge in [0, 0.05) is 5.57 Å². The molecular weight excluding hydrogens is 332 g/mol. The molecule has 1 aromatic rings. The molecule has 1 aromatic carbocycles. The molecule has 0 N–H and O–H groups in total. The fraction of sp³-hybridized carbons (Fsp3) is 0.400. The minimum Gasteiger partial charge on any atom is -0.423 e. The van der Waals surface area contributed by atoms with Crippen LogP contribution in [0.15, 0.2) is 73.4 Å². The number of carbonyl (C=O) groups is 1. The second-order valence-electron chi connectivity index (χ2n) is 6.83. The van der Waals surface area contributed by atoms with Gasteiger partial charge in [0.05, 0.1) is 0 Å². The standard InChI is InChI=1S/C25H34O2/c1-4-5-6-7-8-9-10-11-12-13-14-15-16-18-23-19-17-20-24(21-23)27-25(26)22(2)3/h4,6-7,9-10,17,19-21H,1-2,5,8,11-16,18H2,3H3/b7-6-,10-9-. The van der Waals surface area contributed by atoms with Gasteiger partial charge in [-0.25, -0.2) is 4.79 Å². The molecule has 0 unspecified atom stereocenters. The molecule has 2 nitrogen and oxygen atoms in total. The van der Waals surface area contributed by atoms with Crippen molar-refractivity contribution in [3.05, 3.63) is 78.9 Å². The summed E-state index contributed by atoms with van der Waals surface area (Å²) in [5, 5.41) is 0. The van der Waals surface area contributed by atoms with E-state index in [1.165, 1.54) is 44.1 Å². The van der Waals surface area contributed by atoms with Crippen LogP contribution in [0, 0.1) is 0 Å². The van der Waals surface area contributed by atoms with Gasteiger partial charge in [-0.2, -0.15) is 0 Å². The molecule has 0 amide bonds. The monoisotopic (exact) mass is 366 g/mol. The molecule has 146 valence electrons. The zero-order valence-electron chi connectivity index (χ0n) is 16.8. The third kappa shape index (κ3) is 11.8. The number of unbranched alkanes of at least 4 members (excludes halogenated alkanes) is 5. The van der Waals surface area contributed by atoms with Crippen LogP contribution < -0.4 is 4.74 Å². The maximum atomic E-state index is 11.6. The van der Waals surface area contributed by atoms with Gasteiger partial charge in [0.25, 0.3) is 0 Å². The van der Waals surface area contributed by atoms with Crippen molar-refractivity contribution in [2.45, 2.75) is 64.7 Å². The zero-order valence-corrected chi connectivity index (χ0v) is 16.8. The molecule has 27 heavy (non-hydrogen) atoms. The molecule has 0 heterocycles. The fourth-order valence-electron chi connectivity index (χ4n) is 2.66. The third-order valence-corrected chi connectivity index (χ3v) is 4.20. The lowest BCUT2D eigenvalue weighted by Crippen LogP contribution is -2.08. The van der Waals surface area contributed by atoms with E-state index in [0.29, 0.717) is 11.3 Å². The molecule has 0 spiro atoms. The minimum atomic E-state index is -0.367. The Bertz CT molecular complexity index is 637.